The third-order valence-corrected chi connectivity index (χ3v) is 14.3. The van der Waals surface area contributed by atoms with Gasteiger partial charge in [-0.3, -0.25) is 9.69 Å². The molecule has 0 unspecified atom stereocenters. The van der Waals surface area contributed by atoms with E-state index in [9.17, 15) is 18.3 Å². The van der Waals surface area contributed by atoms with Crippen molar-refractivity contribution < 1.29 is 32.5 Å². The fourth-order valence-electron chi connectivity index (χ4n) is 8.55. The number of aryl methyl sites for hydroxylation is 1. The predicted molar refractivity (Wildman–Crippen MR) is 193 cm³/mol. The molecule has 4 aliphatic heterocycles. The molecule has 2 N–H and O–H groups in total. The number of anilines is 1. The molecule has 50 heavy (non-hydrogen) atoms. The molecule has 0 radical (unpaired) electrons. The van der Waals surface area contributed by atoms with Crippen molar-refractivity contribution in [2.45, 2.75) is 95.5 Å². The van der Waals surface area contributed by atoms with Crippen molar-refractivity contribution in [1.29, 1.82) is 0 Å². The van der Waals surface area contributed by atoms with Crippen LogP contribution < -0.4 is 14.4 Å². The lowest BCUT2D eigenvalue weighted by Crippen LogP contribution is -2.60. The Labute approximate surface area is 301 Å². The lowest BCUT2D eigenvalue weighted by Gasteiger charge is -2.49. The number of fused-ring (bicyclic) bond motifs is 3. The van der Waals surface area contributed by atoms with Crippen LogP contribution in [0.15, 0.2) is 36.4 Å². The number of aliphatic hydroxyl groups excluding tert-OH is 1. The van der Waals surface area contributed by atoms with Gasteiger partial charge in [0.05, 0.1) is 36.3 Å². The Morgan fingerprint density at radius 2 is 1.70 bits per heavy atom. The number of ether oxygens (including phenoxy) is 3. The number of hydrogen-bond acceptors (Lipinski definition) is 9. The van der Waals surface area contributed by atoms with Crippen LogP contribution >= 0.6 is 11.6 Å². The van der Waals surface area contributed by atoms with Crippen molar-refractivity contribution >= 4 is 33.2 Å². The molecule has 0 spiro atoms. The number of carbonyl (C=O) groups is 1. The first-order valence-corrected chi connectivity index (χ1v) is 20.5. The Bertz CT molecular complexity index is 1630. The quantitative estimate of drug-likeness (QED) is 0.420. The maximum Gasteiger partial charge on any atom is 0.264 e. The minimum absolute atomic E-state index is 0.143. The molecule has 1 saturated carbocycles. The molecule has 5 aliphatic rings. The topological polar surface area (TPSA) is 118 Å². The van der Waals surface area contributed by atoms with Crippen molar-refractivity contribution in [2.24, 2.45) is 23.7 Å². The van der Waals surface area contributed by atoms with Crippen LogP contribution in [0.4, 0.5) is 5.69 Å². The van der Waals surface area contributed by atoms with Gasteiger partial charge in [-0.1, -0.05) is 31.0 Å². The summed E-state index contributed by atoms with van der Waals surface area (Å²) in [5.41, 5.74) is 3.38. The van der Waals surface area contributed by atoms with E-state index < -0.39 is 21.2 Å². The van der Waals surface area contributed by atoms with E-state index in [1.165, 1.54) is 5.56 Å². The average molecular weight is 730 g/mol. The summed E-state index contributed by atoms with van der Waals surface area (Å²) in [6, 6.07) is 11.4. The number of benzene rings is 2. The van der Waals surface area contributed by atoms with Crippen molar-refractivity contribution in [3.63, 3.8) is 0 Å². The van der Waals surface area contributed by atoms with Gasteiger partial charge in [0.15, 0.2) is 6.29 Å². The first-order valence-electron chi connectivity index (χ1n) is 18.6. The number of rotatable bonds is 2. The molecule has 1 aliphatic carbocycles. The van der Waals surface area contributed by atoms with Gasteiger partial charge in [-0.25, -0.2) is 13.1 Å². The number of amides is 1. The molecule has 10 nitrogen and oxygen atoms in total. The zero-order valence-corrected chi connectivity index (χ0v) is 30.8. The molecule has 2 bridgehead atoms. The fourth-order valence-corrected chi connectivity index (χ4v) is 10.1. The van der Waals surface area contributed by atoms with Gasteiger partial charge in [-0.2, -0.15) is 0 Å². The maximum absolute atomic E-state index is 13.5. The highest BCUT2D eigenvalue weighted by Crippen LogP contribution is 2.46. The van der Waals surface area contributed by atoms with Gasteiger partial charge in [0.2, 0.25) is 10.0 Å². The lowest BCUT2D eigenvalue weighted by atomic mass is 9.65. The molecule has 0 aromatic heterocycles. The monoisotopic (exact) mass is 729 g/mol. The van der Waals surface area contributed by atoms with Crippen LogP contribution in [0.1, 0.15) is 80.3 Å². The third kappa shape index (κ3) is 7.83. The van der Waals surface area contributed by atoms with E-state index in [0.717, 1.165) is 75.7 Å². The number of likely N-dealkylation sites (tertiary alicyclic amines) is 1. The van der Waals surface area contributed by atoms with Crippen LogP contribution in [-0.2, 0) is 32.5 Å². The Morgan fingerprint density at radius 3 is 2.44 bits per heavy atom. The summed E-state index contributed by atoms with van der Waals surface area (Å²) in [4.78, 5) is 18.1. The lowest BCUT2D eigenvalue weighted by molar-refractivity contribution is -0.250. The van der Waals surface area contributed by atoms with Gasteiger partial charge in [0.25, 0.3) is 5.91 Å². The van der Waals surface area contributed by atoms with Gasteiger partial charge in [0, 0.05) is 42.7 Å². The average Bonchev–Trinajstić information content (AvgIpc) is 3.10. The summed E-state index contributed by atoms with van der Waals surface area (Å²) >= 11 is 6.38. The van der Waals surface area contributed by atoms with E-state index in [2.05, 4.69) is 14.5 Å². The highest BCUT2D eigenvalue weighted by Gasteiger charge is 2.45. The normalized spacial score (nSPS) is 32.9. The summed E-state index contributed by atoms with van der Waals surface area (Å²) in [5.74, 6) is 0.902. The Hall–Kier alpha value is -2.41. The van der Waals surface area contributed by atoms with Crippen LogP contribution in [0, 0.1) is 23.7 Å². The van der Waals surface area contributed by atoms with E-state index in [4.69, 9.17) is 25.8 Å². The second-order valence-electron chi connectivity index (χ2n) is 15.3. The number of nitrogens with one attached hydrogen (secondary N) is 1. The predicted octanol–water partition coefficient (Wildman–Crippen LogP) is 5.39. The highest BCUT2D eigenvalue weighted by atomic mass is 35.5. The van der Waals surface area contributed by atoms with Crippen LogP contribution in [0.3, 0.4) is 0 Å². The summed E-state index contributed by atoms with van der Waals surface area (Å²) in [7, 11) is -3.92. The zero-order chi connectivity index (χ0) is 35.0. The van der Waals surface area contributed by atoms with E-state index in [-0.39, 0.29) is 30.3 Å². The molecule has 7 rings (SSSR count). The van der Waals surface area contributed by atoms with Crippen LogP contribution in [-0.4, -0.2) is 87.4 Å². The second-order valence-corrected chi connectivity index (χ2v) is 17.8. The molecule has 12 heteroatoms. The molecule has 4 heterocycles. The highest BCUT2D eigenvalue weighted by molar-refractivity contribution is 7.90. The summed E-state index contributed by atoms with van der Waals surface area (Å²) in [6.07, 6.45) is 6.88. The number of β-amino-alcohol motifs (C(OH)–C–C–N with tert-alkyl or cyclic N) is 1. The smallest absolute Gasteiger partial charge is 0.264 e. The fraction of sp³-hybridized carbons (Fsp3) is 0.658. The number of carbonyl (C=O) groups excluding carboxylic acids is 1. The minimum atomic E-state index is -3.92. The molecular weight excluding hydrogens is 678 g/mol. The molecule has 2 aromatic rings. The van der Waals surface area contributed by atoms with Crippen molar-refractivity contribution in [3.8, 4) is 5.75 Å². The Morgan fingerprint density at radius 1 is 0.900 bits per heavy atom. The van der Waals surface area contributed by atoms with E-state index in [1.54, 1.807) is 13.0 Å². The molecular formula is C38H52ClN3O7S. The molecule has 2 saturated heterocycles. The van der Waals surface area contributed by atoms with E-state index in [0.29, 0.717) is 61.1 Å². The summed E-state index contributed by atoms with van der Waals surface area (Å²) in [5, 5.41) is 9.79. The Balaban J connectivity index is 1.19. The molecule has 5 atom stereocenters. The van der Waals surface area contributed by atoms with Gasteiger partial charge >= 0.3 is 0 Å². The van der Waals surface area contributed by atoms with Crippen LogP contribution in [0.25, 0.3) is 0 Å². The largest absolute Gasteiger partial charge is 0.487 e. The number of aliphatic hydroxyl groups is 1. The van der Waals surface area contributed by atoms with Crippen LogP contribution in [0.5, 0.6) is 5.75 Å². The number of halogens is 1. The number of hydrogen-bond donors (Lipinski definition) is 2. The van der Waals surface area contributed by atoms with Crippen molar-refractivity contribution in [1.82, 2.24) is 9.62 Å². The van der Waals surface area contributed by atoms with Crippen molar-refractivity contribution in [3.05, 3.63) is 58.1 Å². The molecule has 2 aromatic carbocycles. The van der Waals surface area contributed by atoms with Gasteiger partial charge in [0.1, 0.15) is 12.4 Å². The standard InChI is InChI=1S/C38H52ClN3O7S/c1-24-6-5-8-34(38-48-22-31(23-49-38)42-19-32(43)20-42)33-13-10-28(33)18-41-15-4-3-7-26-16-30(39)12-9-29(26)21-47-36-14-11-27(17-35(36)41)37(44)40-50(45,46)25(24)2/h9,11-12,14,16-17,24-25,28,31-34,38,43H,3-8,10,13,15,18-23H2,1-2H3,(H,40,44)/t24-,25+,28-,31?,33+,34+,38?/m0/s1. The molecule has 3 fully saturated rings. The summed E-state index contributed by atoms with van der Waals surface area (Å²) in [6.45, 7) is 8.10. The minimum Gasteiger partial charge on any atom is -0.487 e. The van der Waals surface area contributed by atoms with Gasteiger partial charge in [-0.05, 0) is 111 Å². The Kier molecular flexibility index (Phi) is 11.0. The van der Waals surface area contributed by atoms with Crippen LogP contribution in [0.2, 0.25) is 5.02 Å². The van der Waals surface area contributed by atoms with E-state index in [1.807, 2.05) is 37.3 Å². The SMILES string of the molecule is C[C@@H]1[C@@H](C)CCC[C@@H](C2OCC(N3CC(O)C3)CO2)[C@@H]2CC[C@H]2CN2CCCCc3cc(Cl)ccc3COc3ccc(cc32)C(=O)NS1(=O)=O. The number of sulfonamides is 1. The first-order chi connectivity index (χ1) is 24.1. The molecule has 274 valence electrons. The number of nitrogens with zero attached hydrogens (tertiary/aromatic N) is 2. The summed E-state index contributed by atoms with van der Waals surface area (Å²) < 4.78 is 48.8. The van der Waals surface area contributed by atoms with E-state index >= 15 is 0 Å². The maximum atomic E-state index is 13.5. The third-order valence-electron chi connectivity index (χ3n) is 12.1. The molecule has 1 amide bonds. The second kappa shape index (κ2) is 15.3. The van der Waals surface area contributed by atoms with Crippen molar-refractivity contribution in [2.75, 3.05) is 44.3 Å². The first kappa shape index (κ1) is 36.0. The van der Waals surface area contributed by atoms with Gasteiger partial charge < -0.3 is 24.2 Å². The zero-order valence-electron chi connectivity index (χ0n) is 29.3. The van der Waals surface area contributed by atoms with Gasteiger partial charge in [-0.15, -0.1) is 0 Å².